The molecule has 2 heterocycles. The number of nitrogens with zero attached hydrogens (tertiary/aromatic N) is 2. The fraction of sp³-hybridized carbons (Fsp3) is 0.647. The summed E-state index contributed by atoms with van der Waals surface area (Å²) in [5.41, 5.74) is -1.08. The summed E-state index contributed by atoms with van der Waals surface area (Å²) in [5, 5.41) is 0. The van der Waals surface area contributed by atoms with Crippen LogP contribution >= 0.6 is 0 Å². The molecule has 2 rings (SSSR count). The Labute approximate surface area is 148 Å². The molecule has 0 N–H and O–H groups in total. The number of likely N-dealkylation sites (tertiary alicyclic amines) is 1. The first kappa shape index (κ1) is 20.4. The summed E-state index contributed by atoms with van der Waals surface area (Å²) in [6.45, 7) is 4.46. The maximum atomic E-state index is 14.4. The number of aromatic nitrogens is 1. The minimum atomic E-state index is -4.48. The average molecular weight is 380 g/mol. The van der Waals surface area contributed by atoms with Crippen LogP contribution < -0.4 is 0 Å². The summed E-state index contributed by atoms with van der Waals surface area (Å²) in [6.07, 6.45) is -6.01. The molecule has 146 valence electrons. The molecule has 1 aliphatic rings. The van der Waals surface area contributed by atoms with E-state index in [1.54, 1.807) is 20.8 Å². The summed E-state index contributed by atoms with van der Waals surface area (Å²) in [4.78, 5) is 16.9. The highest BCUT2D eigenvalue weighted by Crippen LogP contribution is 2.41. The van der Waals surface area contributed by atoms with E-state index >= 15 is 0 Å². The van der Waals surface area contributed by atoms with Crippen LogP contribution in [-0.2, 0) is 11.2 Å². The lowest BCUT2D eigenvalue weighted by molar-refractivity contribution is -0.127. The quantitative estimate of drug-likeness (QED) is 0.707. The zero-order valence-electron chi connectivity index (χ0n) is 14.7. The number of ether oxygens (including phenoxy) is 1. The first-order valence-electron chi connectivity index (χ1n) is 8.14. The Morgan fingerprint density at radius 2 is 2.00 bits per heavy atom. The molecular formula is C17H21F5N2O2. The minimum Gasteiger partial charge on any atom is -0.444 e. The van der Waals surface area contributed by atoms with E-state index in [4.69, 9.17) is 4.74 Å². The van der Waals surface area contributed by atoms with Gasteiger partial charge in [0.25, 0.3) is 5.92 Å². The van der Waals surface area contributed by atoms with Gasteiger partial charge >= 0.3 is 12.3 Å². The fourth-order valence-corrected chi connectivity index (χ4v) is 2.76. The molecule has 26 heavy (non-hydrogen) atoms. The van der Waals surface area contributed by atoms with Gasteiger partial charge in [-0.25, -0.2) is 13.6 Å². The Kier molecular flexibility index (Phi) is 5.49. The lowest BCUT2D eigenvalue weighted by Crippen LogP contribution is -2.49. The van der Waals surface area contributed by atoms with Crippen molar-refractivity contribution < 1.29 is 31.5 Å². The minimum absolute atomic E-state index is 0.0255. The highest BCUT2D eigenvalue weighted by atomic mass is 19.4. The van der Waals surface area contributed by atoms with Crippen molar-refractivity contribution in [1.82, 2.24) is 9.88 Å². The highest BCUT2D eigenvalue weighted by Gasteiger charge is 2.46. The number of piperidine rings is 1. The Morgan fingerprint density at radius 3 is 2.58 bits per heavy atom. The maximum absolute atomic E-state index is 14.4. The van der Waals surface area contributed by atoms with Crippen LogP contribution in [-0.4, -0.2) is 46.8 Å². The van der Waals surface area contributed by atoms with Gasteiger partial charge in [0.05, 0.1) is 12.3 Å². The van der Waals surface area contributed by atoms with Crippen LogP contribution in [0.15, 0.2) is 18.3 Å². The molecule has 1 aromatic heterocycles. The first-order valence-corrected chi connectivity index (χ1v) is 8.14. The van der Waals surface area contributed by atoms with Crippen molar-refractivity contribution in [1.29, 1.82) is 0 Å². The lowest BCUT2D eigenvalue weighted by atomic mass is 9.87. The van der Waals surface area contributed by atoms with E-state index in [2.05, 4.69) is 4.98 Å². The topological polar surface area (TPSA) is 42.4 Å². The number of amides is 1. The summed E-state index contributed by atoms with van der Waals surface area (Å²) in [5.74, 6) is -4.56. The van der Waals surface area contributed by atoms with Gasteiger partial charge in [-0.1, -0.05) is 0 Å². The lowest BCUT2D eigenvalue weighted by Gasteiger charge is -2.39. The molecule has 1 saturated heterocycles. The summed E-state index contributed by atoms with van der Waals surface area (Å²) < 4.78 is 71.6. The van der Waals surface area contributed by atoms with Crippen molar-refractivity contribution in [3.63, 3.8) is 0 Å². The molecule has 4 nitrogen and oxygen atoms in total. The third-order valence-corrected chi connectivity index (χ3v) is 3.90. The van der Waals surface area contributed by atoms with Crippen LogP contribution in [0, 0.1) is 0 Å². The number of rotatable bonds is 2. The van der Waals surface area contributed by atoms with Crippen molar-refractivity contribution in [3.8, 4) is 0 Å². The smallest absolute Gasteiger partial charge is 0.410 e. The molecular weight excluding hydrogens is 359 g/mol. The average Bonchev–Trinajstić information content (AvgIpc) is 2.43. The molecule has 0 bridgehead atoms. The molecule has 0 aromatic carbocycles. The third-order valence-electron chi connectivity index (χ3n) is 3.90. The van der Waals surface area contributed by atoms with Crippen LogP contribution in [0.4, 0.5) is 26.7 Å². The van der Waals surface area contributed by atoms with Crippen molar-refractivity contribution in [2.75, 3.05) is 13.1 Å². The molecule has 1 atom stereocenters. The molecule has 1 aromatic rings. The van der Waals surface area contributed by atoms with Crippen molar-refractivity contribution in [2.24, 2.45) is 0 Å². The largest absolute Gasteiger partial charge is 0.444 e. The maximum Gasteiger partial charge on any atom is 0.410 e. The Morgan fingerprint density at radius 1 is 1.35 bits per heavy atom. The number of carbonyl (C=O) groups excluding carboxylic acids is 1. The Bertz CT molecular complexity index is 655. The summed E-state index contributed by atoms with van der Waals surface area (Å²) >= 11 is 0. The van der Waals surface area contributed by atoms with Crippen LogP contribution in [0.5, 0.6) is 0 Å². The summed E-state index contributed by atoms with van der Waals surface area (Å²) in [7, 11) is 0. The number of alkyl halides is 5. The number of hydrogen-bond acceptors (Lipinski definition) is 3. The van der Waals surface area contributed by atoms with E-state index in [9.17, 15) is 26.7 Å². The normalized spacial score (nSPS) is 20.8. The van der Waals surface area contributed by atoms with Crippen molar-refractivity contribution in [2.45, 2.75) is 57.2 Å². The van der Waals surface area contributed by atoms with E-state index in [-0.39, 0.29) is 24.3 Å². The number of pyridine rings is 1. The van der Waals surface area contributed by atoms with E-state index in [0.29, 0.717) is 0 Å². The molecule has 1 fully saturated rings. The van der Waals surface area contributed by atoms with Gasteiger partial charge in [0.15, 0.2) is 0 Å². The zero-order valence-corrected chi connectivity index (χ0v) is 14.7. The van der Waals surface area contributed by atoms with Crippen LogP contribution in [0.2, 0.25) is 0 Å². The van der Waals surface area contributed by atoms with Gasteiger partial charge in [-0.2, -0.15) is 13.2 Å². The predicted octanol–water partition coefficient (Wildman–Crippen LogP) is 4.55. The van der Waals surface area contributed by atoms with Crippen molar-refractivity contribution >= 4 is 6.09 Å². The van der Waals surface area contributed by atoms with Gasteiger partial charge in [-0.15, -0.1) is 0 Å². The van der Waals surface area contributed by atoms with Gasteiger partial charge in [-0.3, -0.25) is 4.98 Å². The molecule has 1 aliphatic heterocycles. The second-order valence-electron chi connectivity index (χ2n) is 7.36. The third kappa shape index (κ3) is 5.54. The van der Waals surface area contributed by atoms with Crippen LogP contribution in [0.25, 0.3) is 0 Å². The zero-order chi connectivity index (χ0) is 19.8. The number of carbonyl (C=O) groups is 1. The Hall–Kier alpha value is -1.93. The molecule has 0 radical (unpaired) electrons. The second-order valence-corrected chi connectivity index (χ2v) is 7.36. The molecule has 1 unspecified atom stereocenters. The second kappa shape index (κ2) is 7.00. The number of hydrogen-bond donors (Lipinski definition) is 0. The molecule has 0 aliphatic carbocycles. The van der Waals surface area contributed by atoms with E-state index < -0.39 is 42.6 Å². The molecule has 0 saturated carbocycles. The predicted molar refractivity (Wildman–Crippen MR) is 84.1 cm³/mol. The van der Waals surface area contributed by atoms with Gasteiger partial charge in [0.2, 0.25) is 0 Å². The van der Waals surface area contributed by atoms with E-state index in [1.807, 2.05) is 0 Å². The number of halogens is 5. The van der Waals surface area contributed by atoms with Gasteiger partial charge in [0.1, 0.15) is 5.60 Å². The molecule has 9 heteroatoms. The summed E-state index contributed by atoms with van der Waals surface area (Å²) in [6, 6.07) is 2.29. The van der Waals surface area contributed by atoms with Gasteiger partial charge < -0.3 is 9.64 Å². The highest BCUT2D eigenvalue weighted by molar-refractivity contribution is 5.68. The van der Waals surface area contributed by atoms with Crippen molar-refractivity contribution in [3.05, 3.63) is 29.6 Å². The SMILES string of the molecule is CC(C)(C)OC(=O)N1CCC(F)(F)C(c2ccnc(CC(F)(F)F)c2)C1. The molecule has 1 amide bonds. The van der Waals surface area contributed by atoms with E-state index in [1.165, 1.54) is 6.07 Å². The van der Waals surface area contributed by atoms with Crippen LogP contribution in [0.3, 0.4) is 0 Å². The van der Waals surface area contributed by atoms with E-state index in [0.717, 1.165) is 17.2 Å². The first-order chi connectivity index (χ1) is 11.8. The van der Waals surface area contributed by atoms with Crippen LogP contribution in [0.1, 0.15) is 44.4 Å². The van der Waals surface area contributed by atoms with Gasteiger partial charge in [-0.05, 0) is 38.5 Å². The standard InChI is InChI=1S/C17H21F5N2O2/c1-15(2,3)26-14(25)24-7-5-16(18,19)13(10-24)11-4-6-23-12(8-11)9-17(20,21)22/h4,6,8,13H,5,7,9-10H2,1-3H3. The monoisotopic (exact) mass is 380 g/mol. The molecule has 0 spiro atoms. The fourth-order valence-electron chi connectivity index (χ4n) is 2.76. The van der Waals surface area contributed by atoms with Gasteiger partial charge in [0, 0.05) is 31.4 Å². The Balaban J connectivity index is 2.22.